The smallest absolute Gasteiger partial charge is 0.378 e. The van der Waals surface area contributed by atoms with Crippen molar-refractivity contribution in [3.63, 3.8) is 0 Å². The van der Waals surface area contributed by atoms with Crippen LogP contribution in [0.25, 0.3) is 22.1 Å². The molecule has 0 amide bonds. The Morgan fingerprint density at radius 2 is 1.38 bits per heavy atom. The second kappa shape index (κ2) is 12.3. The Hall–Kier alpha value is -2.97. The molecule has 0 saturated carbocycles. The molecule has 232 valence electrons. The third-order valence-electron chi connectivity index (χ3n) is 7.14. The summed E-state index contributed by atoms with van der Waals surface area (Å²) in [5, 5.41) is 0.427. The van der Waals surface area contributed by atoms with Crippen LogP contribution in [0.15, 0.2) is 57.7 Å². The first-order valence-electron chi connectivity index (χ1n) is 12.8. The lowest BCUT2D eigenvalue weighted by Gasteiger charge is -2.37. The van der Waals surface area contributed by atoms with E-state index in [1.54, 1.807) is 12.1 Å². The van der Waals surface area contributed by atoms with Gasteiger partial charge in [-0.3, -0.25) is 0 Å². The maximum Gasteiger partial charge on any atom is 0.378 e. The van der Waals surface area contributed by atoms with E-state index in [4.69, 9.17) is 18.0 Å². The first kappa shape index (κ1) is 33.5. The first-order chi connectivity index (χ1) is 19.4. The van der Waals surface area contributed by atoms with Crippen LogP contribution in [0.2, 0.25) is 12.6 Å². The Balaban J connectivity index is 1.72. The fourth-order valence-corrected chi connectivity index (χ4v) is 5.39. The lowest BCUT2D eigenvalue weighted by molar-refractivity contribution is -0.367. The van der Waals surface area contributed by atoms with Crippen molar-refractivity contribution in [1.82, 2.24) is 0 Å². The second-order valence-corrected chi connectivity index (χ2v) is 13.5. The highest BCUT2D eigenvalue weighted by Gasteiger charge is 2.79. The highest BCUT2D eigenvalue weighted by atomic mass is 28.4. The molecule has 42 heavy (non-hydrogen) atoms. The zero-order chi connectivity index (χ0) is 31.6. The molecule has 0 aliphatic carbocycles. The van der Waals surface area contributed by atoms with Crippen molar-refractivity contribution in [2.75, 3.05) is 20.8 Å². The first-order valence-corrected chi connectivity index (χ1v) is 15.4. The highest BCUT2D eigenvalue weighted by Crippen LogP contribution is 2.55. The predicted molar refractivity (Wildman–Crippen MR) is 142 cm³/mol. The third kappa shape index (κ3) is 6.65. The minimum atomic E-state index is -6.42. The van der Waals surface area contributed by atoms with E-state index in [9.17, 15) is 39.9 Å². The molecule has 1 heterocycles. The lowest BCUT2D eigenvalue weighted by Crippen LogP contribution is -2.62. The summed E-state index contributed by atoms with van der Waals surface area (Å²) in [6.45, 7) is 1.97. The van der Waals surface area contributed by atoms with Crippen LogP contribution in [0.3, 0.4) is 0 Å². The van der Waals surface area contributed by atoms with Crippen molar-refractivity contribution in [3.05, 3.63) is 64.5 Å². The topological polar surface area (TPSA) is 57.9 Å². The van der Waals surface area contributed by atoms with Crippen LogP contribution in [0.5, 0.6) is 5.75 Å². The van der Waals surface area contributed by atoms with Gasteiger partial charge in [-0.1, -0.05) is 31.2 Å². The Bertz CT molecular complexity index is 1420. The summed E-state index contributed by atoms with van der Waals surface area (Å²) in [7, 11) is -1.25. The molecular formula is C28H30F8O5Si. The van der Waals surface area contributed by atoms with Crippen molar-refractivity contribution in [1.29, 1.82) is 0 Å². The van der Waals surface area contributed by atoms with Gasteiger partial charge in [-0.25, -0.2) is 4.79 Å². The summed E-state index contributed by atoms with van der Waals surface area (Å²) in [4.78, 5) is 12.5. The van der Waals surface area contributed by atoms with Gasteiger partial charge in [-0.05, 0) is 48.3 Å². The van der Waals surface area contributed by atoms with Crippen molar-refractivity contribution < 1.29 is 53.1 Å². The number of hydrogen-bond acceptors (Lipinski definition) is 5. The maximum absolute atomic E-state index is 14.4. The SMILES string of the molecule is CCc1ccc(-c2cc3ccc(OCCC(F)(F)C(F)(F)C(F)(F)C(F)(F)CC[Si](C)(OC)OC)cc3oc2=O)cc1. The van der Waals surface area contributed by atoms with Crippen LogP contribution in [-0.4, -0.2) is 53.1 Å². The number of fused-ring (bicyclic) bond motifs is 1. The zero-order valence-electron chi connectivity index (χ0n) is 23.2. The van der Waals surface area contributed by atoms with Crippen molar-refractivity contribution >= 4 is 19.5 Å². The average molecular weight is 627 g/mol. The molecule has 0 N–H and O–H groups in total. The molecular weight excluding hydrogens is 596 g/mol. The number of benzene rings is 2. The molecule has 14 heteroatoms. The van der Waals surface area contributed by atoms with E-state index in [2.05, 4.69) is 0 Å². The molecule has 0 aliphatic rings. The van der Waals surface area contributed by atoms with Gasteiger partial charge in [0.15, 0.2) is 0 Å². The Labute approximate surface area is 237 Å². The average Bonchev–Trinajstić information content (AvgIpc) is 2.95. The number of ether oxygens (including phenoxy) is 1. The summed E-state index contributed by atoms with van der Waals surface area (Å²) in [6, 6.07) is 11.7. The summed E-state index contributed by atoms with van der Waals surface area (Å²) < 4.78 is 134. The van der Waals surface area contributed by atoms with E-state index in [-0.39, 0.29) is 16.9 Å². The Morgan fingerprint density at radius 3 is 1.93 bits per heavy atom. The van der Waals surface area contributed by atoms with Gasteiger partial charge in [0.25, 0.3) is 0 Å². The minimum absolute atomic E-state index is 0.0163. The molecule has 0 aliphatic heterocycles. The molecule has 1 aromatic heterocycles. The normalized spacial score (nSPS) is 13.5. The van der Waals surface area contributed by atoms with Crippen LogP contribution in [0, 0.1) is 0 Å². The summed E-state index contributed by atoms with van der Waals surface area (Å²) >= 11 is 0. The molecule has 0 radical (unpaired) electrons. The van der Waals surface area contributed by atoms with Crippen LogP contribution >= 0.6 is 0 Å². The van der Waals surface area contributed by atoms with Gasteiger partial charge in [0.2, 0.25) is 0 Å². The largest absolute Gasteiger partial charge is 0.493 e. The standard InChI is InChI=1S/C28H30F8O5Si/c1-5-18-6-8-19(9-7-18)22-16-20-10-11-21(17-23(20)41-24(22)37)40-14-12-25(29,30)27(33,34)28(35,36)26(31,32)13-15-42(4,38-2)39-3/h6-11,16-17H,5,12-15H2,1-4H3. The van der Waals surface area contributed by atoms with Crippen molar-refractivity contribution in [2.45, 2.75) is 62.5 Å². The number of rotatable bonds is 14. The second-order valence-electron chi connectivity index (χ2n) is 9.90. The third-order valence-corrected chi connectivity index (χ3v) is 10.0. The number of halogens is 8. The quantitative estimate of drug-likeness (QED) is 0.103. The van der Waals surface area contributed by atoms with Gasteiger partial charge in [0.05, 0.1) is 18.6 Å². The molecule has 0 fully saturated rings. The van der Waals surface area contributed by atoms with E-state index < -0.39 is 63.4 Å². The number of aryl methyl sites for hydroxylation is 1. The van der Waals surface area contributed by atoms with Gasteiger partial charge in [0, 0.05) is 32.1 Å². The van der Waals surface area contributed by atoms with Gasteiger partial charge in [0.1, 0.15) is 11.3 Å². The van der Waals surface area contributed by atoms with Gasteiger partial charge < -0.3 is 18.0 Å². The van der Waals surface area contributed by atoms with Crippen LogP contribution in [0.4, 0.5) is 35.1 Å². The van der Waals surface area contributed by atoms with E-state index in [0.29, 0.717) is 10.9 Å². The van der Waals surface area contributed by atoms with Gasteiger partial charge >= 0.3 is 37.9 Å². The van der Waals surface area contributed by atoms with Gasteiger partial charge in [-0.2, -0.15) is 35.1 Å². The van der Waals surface area contributed by atoms with Crippen molar-refractivity contribution in [3.8, 4) is 16.9 Å². The number of hydrogen-bond donors (Lipinski definition) is 0. The molecule has 2 aromatic carbocycles. The maximum atomic E-state index is 14.4. The molecule has 3 aromatic rings. The van der Waals surface area contributed by atoms with E-state index in [1.165, 1.54) is 24.7 Å². The zero-order valence-corrected chi connectivity index (χ0v) is 24.2. The van der Waals surface area contributed by atoms with Gasteiger partial charge in [-0.15, -0.1) is 0 Å². The van der Waals surface area contributed by atoms with Crippen LogP contribution < -0.4 is 10.4 Å². The lowest BCUT2D eigenvalue weighted by atomic mass is 9.95. The van der Waals surface area contributed by atoms with E-state index in [0.717, 1.165) is 32.3 Å². The van der Waals surface area contributed by atoms with Crippen LogP contribution in [-0.2, 0) is 15.3 Å². The molecule has 0 atom stereocenters. The highest BCUT2D eigenvalue weighted by molar-refractivity contribution is 6.65. The summed E-state index contributed by atoms with van der Waals surface area (Å²) in [5.74, 6) is -24.1. The van der Waals surface area contributed by atoms with E-state index >= 15 is 0 Å². The van der Waals surface area contributed by atoms with Crippen molar-refractivity contribution in [2.24, 2.45) is 0 Å². The molecule has 0 saturated heterocycles. The molecule has 0 spiro atoms. The fourth-order valence-electron chi connectivity index (χ4n) is 4.04. The molecule has 0 bridgehead atoms. The minimum Gasteiger partial charge on any atom is -0.493 e. The number of alkyl halides is 8. The molecule has 3 rings (SSSR count). The Kier molecular flexibility index (Phi) is 9.84. The molecule has 0 unspecified atom stereocenters. The van der Waals surface area contributed by atoms with Crippen LogP contribution in [0.1, 0.15) is 25.3 Å². The fraction of sp³-hybridized carbons (Fsp3) is 0.464. The monoisotopic (exact) mass is 626 g/mol. The molecule has 5 nitrogen and oxygen atoms in total. The Morgan fingerprint density at radius 1 is 0.810 bits per heavy atom. The summed E-state index contributed by atoms with van der Waals surface area (Å²) in [6.07, 6.45) is -3.07. The van der Waals surface area contributed by atoms with E-state index in [1.807, 2.05) is 19.1 Å². The summed E-state index contributed by atoms with van der Waals surface area (Å²) in [5.41, 5.74) is 1.19. The predicted octanol–water partition coefficient (Wildman–Crippen LogP) is 8.09.